The number of hydrogen-bond donors (Lipinski definition) is 0. The minimum Gasteiger partial charge on any atom is -0.0885 e. The van der Waals surface area contributed by atoms with Gasteiger partial charge in [-0.2, -0.15) is 0 Å². The standard InChI is InChI=1S/C15H22/c1-3-4-9-14(2)10-8-13-15-11-6-5-7-12-15/h4-7,9,11-12,14H,3,8,10,13H2,1-2H3/b9-4+. The lowest BCUT2D eigenvalue weighted by molar-refractivity contribution is 0.605. The number of allylic oxidation sites excluding steroid dienone is 2. The quantitative estimate of drug-likeness (QED) is 0.591. The minimum absolute atomic E-state index is 0.730. The fraction of sp³-hybridized carbons (Fsp3) is 0.467. The molecular weight excluding hydrogens is 180 g/mol. The van der Waals surface area contributed by atoms with Crippen LogP contribution < -0.4 is 0 Å². The first-order valence-corrected chi connectivity index (χ1v) is 6.03. The van der Waals surface area contributed by atoms with Crippen molar-refractivity contribution in [3.63, 3.8) is 0 Å². The number of hydrogen-bond acceptors (Lipinski definition) is 0. The van der Waals surface area contributed by atoms with Gasteiger partial charge in [-0.1, -0.05) is 56.3 Å². The molecule has 0 saturated heterocycles. The molecule has 0 radical (unpaired) electrons. The smallest absolute Gasteiger partial charge is 0.0262 e. The van der Waals surface area contributed by atoms with Crippen LogP contribution in [0, 0.1) is 5.92 Å². The zero-order valence-electron chi connectivity index (χ0n) is 9.95. The van der Waals surface area contributed by atoms with Crippen molar-refractivity contribution in [2.45, 2.75) is 39.5 Å². The maximum Gasteiger partial charge on any atom is -0.0262 e. The van der Waals surface area contributed by atoms with E-state index in [0.29, 0.717) is 0 Å². The summed E-state index contributed by atoms with van der Waals surface area (Å²) in [5, 5.41) is 0. The molecule has 1 aromatic carbocycles. The highest BCUT2D eigenvalue weighted by Gasteiger charge is 1.97. The Morgan fingerprint density at radius 2 is 1.93 bits per heavy atom. The molecule has 0 aliphatic carbocycles. The van der Waals surface area contributed by atoms with Crippen molar-refractivity contribution in [1.29, 1.82) is 0 Å². The Balaban J connectivity index is 2.19. The molecule has 0 bridgehead atoms. The van der Waals surface area contributed by atoms with Crippen molar-refractivity contribution in [2.75, 3.05) is 0 Å². The summed E-state index contributed by atoms with van der Waals surface area (Å²) < 4.78 is 0. The molecule has 1 atom stereocenters. The summed E-state index contributed by atoms with van der Waals surface area (Å²) in [6.07, 6.45) is 9.57. The zero-order valence-corrected chi connectivity index (χ0v) is 9.95. The van der Waals surface area contributed by atoms with Gasteiger partial charge in [-0.05, 0) is 37.2 Å². The van der Waals surface area contributed by atoms with Gasteiger partial charge in [0, 0.05) is 0 Å². The molecule has 0 heterocycles. The van der Waals surface area contributed by atoms with E-state index in [2.05, 4.69) is 56.3 Å². The molecular formula is C15H22. The van der Waals surface area contributed by atoms with E-state index in [1.54, 1.807) is 0 Å². The Bertz CT molecular complexity index is 271. The second-order valence-electron chi connectivity index (χ2n) is 4.19. The summed E-state index contributed by atoms with van der Waals surface area (Å²) in [6, 6.07) is 10.8. The van der Waals surface area contributed by atoms with E-state index < -0.39 is 0 Å². The topological polar surface area (TPSA) is 0 Å². The van der Waals surface area contributed by atoms with Crippen molar-refractivity contribution in [3.8, 4) is 0 Å². The lowest BCUT2D eigenvalue weighted by atomic mass is 10.0. The van der Waals surface area contributed by atoms with Crippen LogP contribution in [0.5, 0.6) is 0 Å². The number of rotatable bonds is 6. The highest BCUT2D eigenvalue weighted by Crippen LogP contribution is 2.11. The fourth-order valence-corrected chi connectivity index (χ4v) is 1.74. The van der Waals surface area contributed by atoms with Crippen LogP contribution in [0.1, 0.15) is 38.7 Å². The van der Waals surface area contributed by atoms with Crippen LogP contribution in [0.2, 0.25) is 0 Å². The molecule has 0 spiro atoms. The second-order valence-corrected chi connectivity index (χ2v) is 4.19. The molecule has 1 rings (SSSR count). The summed E-state index contributed by atoms with van der Waals surface area (Å²) in [6.45, 7) is 4.49. The Morgan fingerprint density at radius 3 is 2.60 bits per heavy atom. The van der Waals surface area contributed by atoms with Gasteiger partial charge in [-0.3, -0.25) is 0 Å². The van der Waals surface area contributed by atoms with Gasteiger partial charge in [0.15, 0.2) is 0 Å². The molecule has 0 nitrogen and oxygen atoms in total. The third-order valence-electron chi connectivity index (χ3n) is 2.67. The van der Waals surface area contributed by atoms with Crippen LogP contribution in [-0.4, -0.2) is 0 Å². The van der Waals surface area contributed by atoms with E-state index in [4.69, 9.17) is 0 Å². The lowest BCUT2D eigenvalue weighted by Gasteiger charge is -2.05. The molecule has 0 N–H and O–H groups in total. The molecule has 0 aliphatic heterocycles. The normalized spacial score (nSPS) is 13.2. The molecule has 0 heteroatoms. The van der Waals surface area contributed by atoms with Crippen molar-refractivity contribution >= 4 is 0 Å². The highest BCUT2D eigenvalue weighted by molar-refractivity contribution is 5.14. The molecule has 15 heavy (non-hydrogen) atoms. The van der Waals surface area contributed by atoms with Crippen LogP contribution in [0.15, 0.2) is 42.5 Å². The van der Waals surface area contributed by atoms with Gasteiger partial charge < -0.3 is 0 Å². The maximum absolute atomic E-state index is 2.34. The van der Waals surface area contributed by atoms with Crippen molar-refractivity contribution in [1.82, 2.24) is 0 Å². The first-order chi connectivity index (χ1) is 7.33. The maximum atomic E-state index is 2.34. The van der Waals surface area contributed by atoms with E-state index in [9.17, 15) is 0 Å². The second kappa shape index (κ2) is 7.28. The van der Waals surface area contributed by atoms with Crippen LogP contribution in [-0.2, 0) is 6.42 Å². The van der Waals surface area contributed by atoms with Crippen LogP contribution in [0.4, 0.5) is 0 Å². The van der Waals surface area contributed by atoms with Gasteiger partial charge in [0.25, 0.3) is 0 Å². The van der Waals surface area contributed by atoms with Crippen molar-refractivity contribution < 1.29 is 0 Å². The van der Waals surface area contributed by atoms with Crippen LogP contribution in [0.3, 0.4) is 0 Å². The third-order valence-corrected chi connectivity index (χ3v) is 2.67. The summed E-state index contributed by atoms with van der Waals surface area (Å²) >= 11 is 0. The molecule has 0 saturated carbocycles. The first kappa shape index (κ1) is 12.0. The summed E-state index contributed by atoms with van der Waals surface area (Å²) in [5.74, 6) is 0.730. The molecule has 0 aromatic heterocycles. The van der Waals surface area contributed by atoms with Gasteiger partial charge in [-0.15, -0.1) is 0 Å². The Hall–Kier alpha value is -1.04. The van der Waals surface area contributed by atoms with Crippen LogP contribution >= 0.6 is 0 Å². The monoisotopic (exact) mass is 202 g/mol. The molecule has 82 valence electrons. The minimum atomic E-state index is 0.730. The SMILES string of the molecule is CC/C=C/C(C)CCCc1ccccc1. The van der Waals surface area contributed by atoms with E-state index in [0.717, 1.165) is 12.3 Å². The van der Waals surface area contributed by atoms with Crippen molar-refractivity contribution in [3.05, 3.63) is 48.0 Å². The predicted octanol–water partition coefficient (Wildman–Crippen LogP) is 4.61. The zero-order chi connectivity index (χ0) is 10.9. The third kappa shape index (κ3) is 5.41. The van der Waals surface area contributed by atoms with E-state index >= 15 is 0 Å². The van der Waals surface area contributed by atoms with Crippen molar-refractivity contribution in [2.24, 2.45) is 5.92 Å². The van der Waals surface area contributed by atoms with Gasteiger partial charge in [0.1, 0.15) is 0 Å². The fourth-order valence-electron chi connectivity index (χ4n) is 1.74. The summed E-state index contributed by atoms with van der Waals surface area (Å²) in [7, 11) is 0. The first-order valence-electron chi connectivity index (χ1n) is 6.03. The molecule has 0 aliphatic rings. The van der Waals surface area contributed by atoms with E-state index in [-0.39, 0.29) is 0 Å². The number of aryl methyl sites for hydroxylation is 1. The highest BCUT2D eigenvalue weighted by atomic mass is 14.0. The largest absolute Gasteiger partial charge is 0.0885 e. The average Bonchev–Trinajstić information content (AvgIpc) is 2.28. The van der Waals surface area contributed by atoms with E-state index in [1.165, 1.54) is 24.8 Å². The lowest BCUT2D eigenvalue weighted by Crippen LogP contribution is -1.92. The van der Waals surface area contributed by atoms with E-state index in [1.807, 2.05) is 0 Å². The summed E-state index contributed by atoms with van der Waals surface area (Å²) in [4.78, 5) is 0. The summed E-state index contributed by atoms with van der Waals surface area (Å²) in [5.41, 5.74) is 1.46. The molecule has 0 amide bonds. The van der Waals surface area contributed by atoms with Gasteiger partial charge in [0.05, 0.1) is 0 Å². The Morgan fingerprint density at radius 1 is 1.20 bits per heavy atom. The number of benzene rings is 1. The molecule has 1 aromatic rings. The Kier molecular flexibility index (Phi) is 5.84. The van der Waals surface area contributed by atoms with Gasteiger partial charge in [0.2, 0.25) is 0 Å². The Labute approximate surface area is 94.0 Å². The molecule has 0 fully saturated rings. The van der Waals surface area contributed by atoms with Gasteiger partial charge in [-0.25, -0.2) is 0 Å². The average molecular weight is 202 g/mol. The molecule has 1 unspecified atom stereocenters. The van der Waals surface area contributed by atoms with Gasteiger partial charge >= 0.3 is 0 Å². The predicted molar refractivity (Wildman–Crippen MR) is 68.0 cm³/mol. The van der Waals surface area contributed by atoms with Crippen LogP contribution in [0.25, 0.3) is 0 Å².